The van der Waals surface area contributed by atoms with Crippen molar-refractivity contribution in [3.63, 3.8) is 0 Å². The zero-order valence-corrected chi connectivity index (χ0v) is 6.81. The molecule has 0 unspecified atom stereocenters. The van der Waals surface area contributed by atoms with Crippen LogP contribution >= 0.6 is 0 Å². The molecule has 10 heavy (non-hydrogen) atoms. The van der Waals surface area contributed by atoms with Crippen molar-refractivity contribution in [2.75, 3.05) is 0 Å². The Morgan fingerprint density at radius 1 is 0.700 bits per heavy atom. The molecule has 0 aromatic rings. The normalized spacial score (nSPS) is 4.80. The number of hydrogen-bond acceptors (Lipinski definition) is 6. The van der Waals surface area contributed by atoms with Crippen LogP contribution in [0.3, 0.4) is 0 Å². The van der Waals surface area contributed by atoms with E-state index in [-0.39, 0.29) is 34.7 Å². The standard InChI is InChI=1S/2Al.2NO3/c;;2*2-1(3)4/q2*+3;2*-1. The van der Waals surface area contributed by atoms with Gasteiger partial charge in [0, 0.05) is 0 Å². The Labute approximate surface area is 75.9 Å². The third kappa shape index (κ3) is 1090. The van der Waals surface area contributed by atoms with Crippen molar-refractivity contribution in [1.82, 2.24) is 0 Å². The van der Waals surface area contributed by atoms with Gasteiger partial charge in [-0.25, -0.2) is 0 Å². The van der Waals surface area contributed by atoms with Crippen LogP contribution in [0.15, 0.2) is 0 Å². The van der Waals surface area contributed by atoms with Crippen LogP contribution in [0.5, 0.6) is 0 Å². The van der Waals surface area contributed by atoms with E-state index in [1.165, 1.54) is 0 Å². The Morgan fingerprint density at radius 2 is 0.700 bits per heavy atom. The first-order chi connectivity index (χ1) is 3.46. The molecule has 0 aliphatic carbocycles. The Balaban J connectivity index is -0.0000000300. The fraction of sp³-hybridized carbons (Fsp3) is 0. The quantitative estimate of drug-likeness (QED) is 0.258. The fourth-order valence-corrected chi connectivity index (χ4v) is 0. The van der Waals surface area contributed by atoms with Crippen LogP contribution in [0.4, 0.5) is 0 Å². The van der Waals surface area contributed by atoms with Crippen LogP contribution in [0.25, 0.3) is 0 Å². The molecule has 8 nitrogen and oxygen atoms in total. The van der Waals surface area contributed by atoms with Gasteiger partial charge in [-0.3, -0.25) is 0 Å². The van der Waals surface area contributed by atoms with Crippen molar-refractivity contribution in [1.29, 1.82) is 0 Å². The van der Waals surface area contributed by atoms with E-state index >= 15 is 0 Å². The Morgan fingerprint density at radius 3 is 0.700 bits per heavy atom. The molecule has 0 atom stereocenters. The maximum Gasteiger partial charge on any atom is 3.00 e. The molecule has 0 saturated carbocycles. The molecule has 0 fully saturated rings. The molecule has 48 valence electrons. The van der Waals surface area contributed by atoms with E-state index in [1.54, 1.807) is 0 Å². The van der Waals surface area contributed by atoms with E-state index in [2.05, 4.69) is 0 Å². The zero-order chi connectivity index (χ0) is 7.15. The molecule has 0 rings (SSSR count). The van der Waals surface area contributed by atoms with Crippen molar-refractivity contribution in [3.8, 4) is 0 Å². The van der Waals surface area contributed by atoms with E-state index in [1.807, 2.05) is 0 Å². The molecule has 0 radical (unpaired) electrons. The summed E-state index contributed by atoms with van der Waals surface area (Å²) in [4.78, 5) is 16.5. The largest absolute Gasteiger partial charge is 3.00 e. The smallest absolute Gasteiger partial charge is 0.356 e. The van der Waals surface area contributed by atoms with Gasteiger partial charge in [0.1, 0.15) is 0 Å². The third-order valence-corrected chi connectivity index (χ3v) is 0. The van der Waals surface area contributed by atoms with Gasteiger partial charge in [0.15, 0.2) is 0 Å². The number of rotatable bonds is 0. The monoisotopic (exact) mass is 178 g/mol. The summed E-state index contributed by atoms with van der Waals surface area (Å²) >= 11 is 0. The first-order valence-corrected chi connectivity index (χ1v) is 1.10. The van der Waals surface area contributed by atoms with Gasteiger partial charge >= 0.3 is 34.7 Å². The molecule has 0 aromatic heterocycles. The predicted molar refractivity (Wildman–Crippen MR) is 32.2 cm³/mol. The van der Waals surface area contributed by atoms with Gasteiger partial charge in [-0.1, -0.05) is 0 Å². The molecular formula is Al2N2O6+4. The minimum Gasteiger partial charge on any atom is -0.356 e. The van der Waals surface area contributed by atoms with E-state index in [0.717, 1.165) is 0 Å². The van der Waals surface area contributed by atoms with Crippen molar-refractivity contribution >= 4 is 34.7 Å². The van der Waals surface area contributed by atoms with Gasteiger partial charge in [0.05, 0.1) is 10.2 Å². The summed E-state index contributed by atoms with van der Waals surface area (Å²) < 4.78 is 0. The molecule has 0 N–H and O–H groups in total. The molecule has 0 aliphatic heterocycles. The van der Waals surface area contributed by atoms with Crippen LogP contribution in [-0.2, 0) is 0 Å². The van der Waals surface area contributed by atoms with Gasteiger partial charge in [-0.05, 0) is 0 Å². The molecule has 0 spiro atoms. The van der Waals surface area contributed by atoms with Crippen molar-refractivity contribution in [3.05, 3.63) is 30.6 Å². The second-order valence-electron chi connectivity index (χ2n) is 0.447. The van der Waals surface area contributed by atoms with Gasteiger partial charge in [0.25, 0.3) is 0 Å². The average molecular weight is 178 g/mol. The predicted octanol–water partition coefficient (Wildman–Crippen LogP) is -1.24. The molecular weight excluding hydrogens is 178 g/mol. The first-order valence-electron chi connectivity index (χ1n) is 1.10. The number of hydrogen-bond donors (Lipinski definition) is 0. The summed E-state index contributed by atoms with van der Waals surface area (Å²) in [5, 5.41) is 29.5. The molecule has 0 bridgehead atoms. The van der Waals surface area contributed by atoms with Crippen LogP contribution < -0.4 is 0 Å². The fourth-order valence-electron chi connectivity index (χ4n) is 0. The number of nitrogens with zero attached hydrogens (tertiary/aromatic N) is 2. The van der Waals surface area contributed by atoms with Crippen LogP contribution in [0.1, 0.15) is 0 Å². The topological polar surface area (TPSA) is 132 Å². The maximum absolute atomic E-state index is 8.25. The van der Waals surface area contributed by atoms with Crippen molar-refractivity contribution in [2.24, 2.45) is 0 Å². The molecule has 10 heteroatoms. The van der Waals surface area contributed by atoms with Gasteiger partial charge < -0.3 is 30.6 Å². The molecule has 0 saturated heterocycles. The Hall–Kier alpha value is -0.535. The molecule has 0 amide bonds. The van der Waals surface area contributed by atoms with E-state index < -0.39 is 10.2 Å². The summed E-state index contributed by atoms with van der Waals surface area (Å²) in [6, 6.07) is 0. The van der Waals surface area contributed by atoms with Crippen LogP contribution in [0.2, 0.25) is 0 Å². The van der Waals surface area contributed by atoms with Crippen molar-refractivity contribution < 1.29 is 10.2 Å². The zero-order valence-electron chi connectivity index (χ0n) is 4.50. The molecule has 0 aliphatic rings. The summed E-state index contributed by atoms with van der Waals surface area (Å²) in [6.07, 6.45) is 0. The second kappa shape index (κ2) is 15.8. The van der Waals surface area contributed by atoms with Crippen LogP contribution in [-0.4, -0.2) is 44.9 Å². The van der Waals surface area contributed by atoms with E-state index in [4.69, 9.17) is 30.6 Å². The average Bonchev–Trinajstić information content (AvgIpc) is 1.25. The Bertz CT molecular complexity index is 71.7. The second-order valence-corrected chi connectivity index (χ2v) is 0.447. The van der Waals surface area contributed by atoms with Gasteiger partial charge in [-0.15, -0.1) is 0 Å². The van der Waals surface area contributed by atoms with Gasteiger partial charge in [0.2, 0.25) is 0 Å². The summed E-state index contributed by atoms with van der Waals surface area (Å²) in [7, 11) is 0. The van der Waals surface area contributed by atoms with Crippen molar-refractivity contribution in [2.45, 2.75) is 0 Å². The van der Waals surface area contributed by atoms with E-state index in [0.29, 0.717) is 0 Å². The molecule has 0 aromatic carbocycles. The van der Waals surface area contributed by atoms with E-state index in [9.17, 15) is 0 Å². The SMILES string of the molecule is O=[N+]([O-])[O-].O=[N+]([O-])[O-].[Al+3].[Al+3]. The summed E-state index contributed by atoms with van der Waals surface area (Å²) in [5.41, 5.74) is 0. The van der Waals surface area contributed by atoms with Gasteiger partial charge in [-0.2, -0.15) is 0 Å². The minimum atomic E-state index is -1.75. The third-order valence-electron chi connectivity index (χ3n) is 0. The summed E-state index contributed by atoms with van der Waals surface area (Å²) in [6.45, 7) is 0. The minimum absolute atomic E-state index is 0. The summed E-state index contributed by atoms with van der Waals surface area (Å²) in [5.74, 6) is 0. The maximum atomic E-state index is 8.25. The Kier molecular flexibility index (Phi) is 35.9. The first kappa shape index (κ1) is 22.7. The molecule has 0 heterocycles. The van der Waals surface area contributed by atoms with Crippen LogP contribution in [0, 0.1) is 30.6 Å².